The van der Waals surface area contributed by atoms with E-state index in [1.165, 1.54) is 23.5 Å². The summed E-state index contributed by atoms with van der Waals surface area (Å²) in [6, 6.07) is 9.81. The third-order valence-electron chi connectivity index (χ3n) is 4.86. The largest absolute Gasteiger partial charge is 0.338 e. The van der Waals surface area contributed by atoms with Gasteiger partial charge in [-0.2, -0.15) is 0 Å². The lowest BCUT2D eigenvalue weighted by atomic mass is 9.95. The molecule has 2 aromatic rings. The van der Waals surface area contributed by atoms with Crippen molar-refractivity contribution in [3.8, 4) is 0 Å². The molecule has 3 rings (SSSR count). The highest BCUT2D eigenvalue weighted by atomic mass is 32.2. The fourth-order valence-electron chi connectivity index (χ4n) is 3.18. The Labute approximate surface area is 175 Å². The number of hydrogen-bond donors (Lipinski definition) is 2. The number of hydrogen-bond acceptors (Lipinski definition) is 5. The Kier molecular flexibility index (Phi) is 7.05. The summed E-state index contributed by atoms with van der Waals surface area (Å²) in [5.74, 6) is -0.253. The van der Waals surface area contributed by atoms with Gasteiger partial charge in [-0.25, -0.2) is 13.1 Å². The topological polar surface area (TPSA) is 95.6 Å². The van der Waals surface area contributed by atoms with E-state index < -0.39 is 10.0 Å². The van der Waals surface area contributed by atoms with E-state index >= 15 is 0 Å². The Hall–Kier alpha value is -2.23. The second kappa shape index (κ2) is 9.51. The number of nitrogens with zero attached hydrogens (tertiary/aromatic N) is 1. The molecule has 0 unspecified atom stereocenters. The molecule has 0 saturated carbocycles. The number of likely N-dealkylation sites (tertiary alicyclic amines) is 1. The van der Waals surface area contributed by atoms with E-state index in [0.29, 0.717) is 44.6 Å². The van der Waals surface area contributed by atoms with Crippen LogP contribution < -0.4 is 10.0 Å². The molecule has 0 spiro atoms. The van der Waals surface area contributed by atoms with Crippen LogP contribution in [0.3, 0.4) is 0 Å². The van der Waals surface area contributed by atoms with Crippen molar-refractivity contribution in [3.63, 3.8) is 0 Å². The molecule has 0 bridgehead atoms. The molecule has 1 aliphatic heterocycles. The minimum atomic E-state index is -3.52. The number of piperidine rings is 1. The first-order chi connectivity index (χ1) is 13.9. The Morgan fingerprint density at radius 3 is 2.41 bits per heavy atom. The third kappa shape index (κ3) is 5.43. The number of sulfonamides is 1. The molecule has 2 N–H and O–H groups in total. The van der Waals surface area contributed by atoms with E-state index in [2.05, 4.69) is 10.0 Å². The van der Waals surface area contributed by atoms with Gasteiger partial charge < -0.3 is 10.2 Å². The molecular formula is C20H25N3O4S2. The second-order valence-corrected chi connectivity index (χ2v) is 9.67. The summed E-state index contributed by atoms with van der Waals surface area (Å²) < 4.78 is 26.7. The van der Waals surface area contributed by atoms with Crippen molar-refractivity contribution >= 4 is 38.9 Å². The zero-order valence-corrected chi connectivity index (χ0v) is 17.9. The van der Waals surface area contributed by atoms with Gasteiger partial charge in [-0.3, -0.25) is 9.59 Å². The fourth-order valence-corrected chi connectivity index (χ4v) is 5.01. The lowest BCUT2D eigenvalue weighted by molar-refractivity contribution is -0.121. The average Bonchev–Trinajstić information content (AvgIpc) is 3.27. The van der Waals surface area contributed by atoms with Crippen LogP contribution in [0.4, 0.5) is 5.69 Å². The van der Waals surface area contributed by atoms with Crippen LogP contribution in [0.1, 0.15) is 35.9 Å². The molecule has 1 aromatic carbocycles. The molecule has 7 nitrogen and oxygen atoms in total. The van der Waals surface area contributed by atoms with E-state index in [4.69, 9.17) is 0 Å². The number of thiophene rings is 1. The predicted molar refractivity (Wildman–Crippen MR) is 113 cm³/mol. The number of nitrogens with one attached hydrogen (secondary N) is 2. The maximum atomic E-state index is 12.6. The number of rotatable bonds is 7. The van der Waals surface area contributed by atoms with Crippen LogP contribution >= 0.6 is 11.3 Å². The lowest BCUT2D eigenvalue weighted by Crippen LogP contribution is -2.41. The van der Waals surface area contributed by atoms with Gasteiger partial charge >= 0.3 is 0 Å². The smallest absolute Gasteiger partial charge is 0.263 e. The summed E-state index contributed by atoms with van der Waals surface area (Å²) in [6.07, 6.45) is 1.93. The van der Waals surface area contributed by atoms with Crippen LogP contribution in [0.5, 0.6) is 0 Å². The standard InChI is InChI=1S/C20H25N3O4S2/c1-2-11-21-29(26,27)17-7-5-16(6-8-17)22-19(24)15-9-12-23(13-10-15)20(25)18-4-3-14-28-18/h3-8,14-15,21H,2,9-13H2,1H3,(H,22,24). The van der Waals surface area contributed by atoms with Crippen LogP contribution in [0.2, 0.25) is 0 Å². The Bertz CT molecular complexity index is 933. The Balaban J connectivity index is 1.53. The van der Waals surface area contributed by atoms with Gasteiger partial charge in [0.2, 0.25) is 15.9 Å². The second-order valence-electron chi connectivity index (χ2n) is 6.96. The van der Waals surface area contributed by atoms with E-state index in [0.717, 1.165) is 4.88 Å². The number of carbonyl (C=O) groups excluding carboxylic acids is 2. The summed E-state index contributed by atoms with van der Waals surface area (Å²) in [5, 5.41) is 4.73. The number of benzene rings is 1. The van der Waals surface area contributed by atoms with E-state index in [1.807, 2.05) is 24.4 Å². The van der Waals surface area contributed by atoms with Crippen LogP contribution in [0.15, 0.2) is 46.7 Å². The summed E-state index contributed by atoms with van der Waals surface area (Å²) in [7, 11) is -3.52. The monoisotopic (exact) mass is 435 g/mol. The van der Waals surface area contributed by atoms with Crippen molar-refractivity contribution in [3.05, 3.63) is 46.7 Å². The highest BCUT2D eigenvalue weighted by Crippen LogP contribution is 2.23. The third-order valence-corrected chi connectivity index (χ3v) is 7.19. The van der Waals surface area contributed by atoms with Crippen molar-refractivity contribution in [2.45, 2.75) is 31.1 Å². The van der Waals surface area contributed by atoms with Crippen LogP contribution in [0, 0.1) is 5.92 Å². The SMILES string of the molecule is CCCNS(=O)(=O)c1ccc(NC(=O)C2CCN(C(=O)c3cccs3)CC2)cc1. The molecule has 2 heterocycles. The molecule has 1 aliphatic rings. The minimum Gasteiger partial charge on any atom is -0.338 e. The maximum absolute atomic E-state index is 12.6. The summed E-state index contributed by atoms with van der Waals surface area (Å²) in [6.45, 7) is 3.38. The van der Waals surface area contributed by atoms with Gasteiger partial charge in [0.1, 0.15) is 0 Å². The fraction of sp³-hybridized carbons (Fsp3) is 0.400. The molecule has 0 aliphatic carbocycles. The highest BCUT2D eigenvalue weighted by Gasteiger charge is 2.28. The molecule has 1 saturated heterocycles. The Morgan fingerprint density at radius 1 is 1.14 bits per heavy atom. The number of amides is 2. The molecule has 0 atom stereocenters. The zero-order valence-electron chi connectivity index (χ0n) is 16.3. The predicted octanol–water partition coefficient (Wildman–Crippen LogP) is 2.93. The molecule has 2 amide bonds. The molecule has 0 radical (unpaired) electrons. The summed E-state index contributed by atoms with van der Waals surface area (Å²) in [5.41, 5.74) is 0.557. The van der Waals surface area contributed by atoms with Crippen molar-refractivity contribution in [2.24, 2.45) is 5.92 Å². The molecule has 29 heavy (non-hydrogen) atoms. The molecule has 1 fully saturated rings. The van der Waals surface area contributed by atoms with Gasteiger partial charge in [0.25, 0.3) is 5.91 Å². The van der Waals surface area contributed by atoms with Crippen LogP contribution in [-0.4, -0.2) is 44.8 Å². The van der Waals surface area contributed by atoms with Crippen molar-refractivity contribution in [1.82, 2.24) is 9.62 Å². The maximum Gasteiger partial charge on any atom is 0.263 e. The summed E-state index contributed by atoms with van der Waals surface area (Å²) in [4.78, 5) is 27.6. The van der Waals surface area contributed by atoms with E-state index in [9.17, 15) is 18.0 Å². The van der Waals surface area contributed by atoms with E-state index in [-0.39, 0.29) is 22.6 Å². The lowest BCUT2D eigenvalue weighted by Gasteiger charge is -2.31. The van der Waals surface area contributed by atoms with Gasteiger partial charge in [0, 0.05) is 31.2 Å². The quantitative estimate of drug-likeness (QED) is 0.699. The van der Waals surface area contributed by atoms with Crippen molar-refractivity contribution in [1.29, 1.82) is 0 Å². The van der Waals surface area contributed by atoms with Crippen LogP contribution in [0.25, 0.3) is 0 Å². The average molecular weight is 436 g/mol. The zero-order chi connectivity index (χ0) is 20.9. The van der Waals surface area contributed by atoms with Gasteiger partial charge in [-0.05, 0) is 55.0 Å². The highest BCUT2D eigenvalue weighted by molar-refractivity contribution is 7.89. The van der Waals surface area contributed by atoms with Gasteiger partial charge in [0.15, 0.2) is 0 Å². The first-order valence-corrected chi connectivity index (χ1v) is 12.0. The number of carbonyl (C=O) groups is 2. The normalized spacial score (nSPS) is 15.3. The molecule has 1 aromatic heterocycles. The molecular weight excluding hydrogens is 410 g/mol. The summed E-state index contributed by atoms with van der Waals surface area (Å²) >= 11 is 1.42. The van der Waals surface area contributed by atoms with Crippen molar-refractivity contribution in [2.75, 3.05) is 25.0 Å². The number of anilines is 1. The first-order valence-electron chi connectivity index (χ1n) is 9.64. The van der Waals surface area contributed by atoms with Crippen molar-refractivity contribution < 1.29 is 18.0 Å². The van der Waals surface area contributed by atoms with Gasteiger partial charge in [-0.1, -0.05) is 13.0 Å². The van der Waals surface area contributed by atoms with E-state index in [1.54, 1.807) is 17.0 Å². The van der Waals surface area contributed by atoms with Crippen LogP contribution in [-0.2, 0) is 14.8 Å². The molecule has 9 heteroatoms. The van der Waals surface area contributed by atoms with Gasteiger partial charge in [-0.15, -0.1) is 11.3 Å². The minimum absolute atomic E-state index is 0.0207. The Morgan fingerprint density at radius 2 is 1.83 bits per heavy atom. The van der Waals surface area contributed by atoms with Gasteiger partial charge in [0.05, 0.1) is 9.77 Å². The molecule has 156 valence electrons. The first kappa shape index (κ1) is 21.5.